The van der Waals surface area contributed by atoms with Gasteiger partial charge in [0.05, 0.1) is 25.3 Å². The third-order valence-corrected chi connectivity index (χ3v) is 4.83. The normalized spacial score (nSPS) is 19.9. The van der Waals surface area contributed by atoms with E-state index in [1.165, 1.54) is 5.56 Å². The lowest BCUT2D eigenvalue weighted by Crippen LogP contribution is -2.08. The molecule has 1 aliphatic rings. The van der Waals surface area contributed by atoms with Crippen LogP contribution in [0.4, 0.5) is 0 Å². The van der Waals surface area contributed by atoms with Crippen molar-refractivity contribution in [2.45, 2.75) is 36.7 Å². The van der Waals surface area contributed by atoms with Gasteiger partial charge in [-0.25, -0.2) is 0 Å². The van der Waals surface area contributed by atoms with E-state index in [-0.39, 0.29) is 12.0 Å². The first kappa shape index (κ1) is 18.0. The maximum absolute atomic E-state index is 9.32. The number of hydrogen-bond acceptors (Lipinski definition) is 4. The average Bonchev–Trinajstić information content (AvgIpc) is 3.02. The van der Waals surface area contributed by atoms with Crippen LogP contribution in [0.25, 0.3) is 0 Å². The van der Waals surface area contributed by atoms with Crippen molar-refractivity contribution in [1.82, 2.24) is 0 Å². The van der Waals surface area contributed by atoms with Crippen LogP contribution in [0.2, 0.25) is 0 Å². The topological polar surface area (TPSA) is 49.7 Å². The molecule has 2 aromatic rings. The molecule has 1 unspecified atom stereocenters. The summed E-state index contributed by atoms with van der Waals surface area (Å²) in [6.45, 7) is 1.56. The molecule has 1 fully saturated rings. The first-order chi connectivity index (χ1) is 11.3. The second kappa shape index (κ2) is 10.4. The van der Waals surface area contributed by atoms with Crippen molar-refractivity contribution < 1.29 is 14.9 Å². The van der Waals surface area contributed by atoms with Crippen molar-refractivity contribution in [2.24, 2.45) is 0 Å². The van der Waals surface area contributed by atoms with E-state index in [2.05, 4.69) is 12.1 Å². The maximum atomic E-state index is 9.32. The molecule has 4 heteroatoms. The van der Waals surface area contributed by atoms with Gasteiger partial charge in [-0.15, -0.1) is 11.8 Å². The molecule has 124 valence electrons. The molecule has 3 rings (SSSR count). The summed E-state index contributed by atoms with van der Waals surface area (Å²) >= 11 is 1.63. The van der Waals surface area contributed by atoms with Gasteiger partial charge in [-0.1, -0.05) is 60.7 Å². The minimum Gasteiger partial charge on any atom is -0.392 e. The third kappa shape index (κ3) is 7.18. The molecule has 2 N–H and O–H groups in total. The Bertz CT molecular complexity index is 533. The molecule has 3 nitrogen and oxygen atoms in total. The molecule has 0 radical (unpaired) electrons. The molecule has 0 spiro atoms. The average molecular weight is 332 g/mol. The van der Waals surface area contributed by atoms with Crippen LogP contribution >= 0.6 is 11.8 Å². The first-order valence-corrected chi connectivity index (χ1v) is 8.82. The highest BCUT2D eigenvalue weighted by atomic mass is 32.2. The van der Waals surface area contributed by atoms with Gasteiger partial charge in [0.1, 0.15) is 0 Å². The van der Waals surface area contributed by atoms with E-state index in [4.69, 9.17) is 9.84 Å². The minimum atomic E-state index is -0.171. The fourth-order valence-corrected chi connectivity index (χ4v) is 3.44. The number of aliphatic hydroxyl groups excluding tert-OH is 2. The van der Waals surface area contributed by atoms with E-state index in [9.17, 15) is 5.11 Å². The lowest BCUT2D eigenvalue weighted by atomic mass is 10.2. The molecule has 1 saturated heterocycles. The van der Waals surface area contributed by atoms with Gasteiger partial charge in [-0.05, 0) is 24.0 Å². The summed E-state index contributed by atoms with van der Waals surface area (Å²) in [5.41, 5.74) is 2.00. The van der Waals surface area contributed by atoms with Crippen LogP contribution in [-0.4, -0.2) is 27.5 Å². The van der Waals surface area contributed by atoms with Crippen molar-refractivity contribution in [3.8, 4) is 0 Å². The predicted molar refractivity (Wildman–Crippen MR) is 95.1 cm³/mol. The number of hydrogen-bond donors (Lipinski definition) is 2. The fourth-order valence-electron chi connectivity index (χ4n) is 2.28. The Balaban J connectivity index is 0.000000203. The Hall–Kier alpha value is -1.33. The van der Waals surface area contributed by atoms with Crippen LogP contribution in [-0.2, 0) is 18.0 Å². The van der Waals surface area contributed by atoms with Gasteiger partial charge in [0.2, 0.25) is 0 Å². The van der Waals surface area contributed by atoms with Gasteiger partial charge in [-0.2, -0.15) is 0 Å². The van der Waals surface area contributed by atoms with Crippen LogP contribution in [0, 0.1) is 0 Å². The standard InChI is InChI=1S/C12H16O2S.C7H8O/c13-12-7-6-11(15-12)9-14-8-10-4-2-1-3-5-10;8-6-7-4-2-1-3-5-7/h1-5,11-13H,6-9H2;1-5,8H,6H2/t11-,12?;/m0./s1. The smallest absolute Gasteiger partial charge is 0.0996 e. The highest BCUT2D eigenvalue weighted by Crippen LogP contribution is 2.31. The maximum Gasteiger partial charge on any atom is 0.0996 e. The number of aliphatic hydroxyl groups is 2. The number of benzene rings is 2. The second-order valence-corrected chi connectivity index (χ2v) is 6.92. The molecule has 2 atom stereocenters. The zero-order valence-corrected chi connectivity index (χ0v) is 14.0. The monoisotopic (exact) mass is 332 g/mol. The van der Waals surface area contributed by atoms with Crippen LogP contribution in [0.5, 0.6) is 0 Å². The molecule has 2 aromatic carbocycles. The molecule has 1 aliphatic heterocycles. The van der Waals surface area contributed by atoms with Crippen LogP contribution in [0.1, 0.15) is 24.0 Å². The van der Waals surface area contributed by atoms with Gasteiger partial charge in [0.15, 0.2) is 0 Å². The summed E-state index contributed by atoms with van der Waals surface area (Å²) in [6, 6.07) is 19.7. The van der Waals surface area contributed by atoms with Gasteiger partial charge in [0, 0.05) is 5.25 Å². The Labute approximate surface area is 142 Å². The molecule has 0 aromatic heterocycles. The molecule has 1 heterocycles. The molecule has 0 bridgehead atoms. The van der Waals surface area contributed by atoms with Crippen molar-refractivity contribution in [3.63, 3.8) is 0 Å². The summed E-state index contributed by atoms with van der Waals surface area (Å²) in [5.74, 6) is 0. The third-order valence-electron chi connectivity index (χ3n) is 3.53. The van der Waals surface area contributed by atoms with Crippen LogP contribution in [0.15, 0.2) is 60.7 Å². The minimum absolute atomic E-state index is 0.140. The molecular weight excluding hydrogens is 308 g/mol. The van der Waals surface area contributed by atoms with Crippen molar-refractivity contribution in [2.75, 3.05) is 6.61 Å². The van der Waals surface area contributed by atoms with E-state index >= 15 is 0 Å². The predicted octanol–water partition coefficient (Wildman–Crippen LogP) is 3.60. The zero-order chi connectivity index (χ0) is 16.3. The Morgan fingerprint density at radius 3 is 2.00 bits per heavy atom. The number of ether oxygens (including phenoxy) is 1. The Kier molecular flexibility index (Phi) is 8.18. The fraction of sp³-hybridized carbons (Fsp3) is 0.368. The van der Waals surface area contributed by atoms with Gasteiger partial charge >= 0.3 is 0 Å². The quantitative estimate of drug-likeness (QED) is 0.878. The van der Waals surface area contributed by atoms with Gasteiger partial charge in [0.25, 0.3) is 0 Å². The molecule has 0 saturated carbocycles. The molecule has 23 heavy (non-hydrogen) atoms. The summed E-state index contributed by atoms with van der Waals surface area (Å²) in [5, 5.41) is 18.3. The van der Waals surface area contributed by atoms with E-state index < -0.39 is 0 Å². The first-order valence-electron chi connectivity index (χ1n) is 7.88. The van der Waals surface area contributed by atoms with Crippen molar-refractivity contribution in [3.05, 3.63) is 71.8 Å². The Morgan fingerprint density at radius 1 is 0.913 bits per heavy atom. The van der Waals surface area contributed by atoms with E-state index in [0.717, 1.165) is 25.0 Å². The highest BCUT2D eigenvalue weighted by molar-refractivity contribution is 8.00. The SMILES string of the molecule is OC1CC[C@@H](COCc2ccccc2)S1.OCc1ccccc1. The second-order valence-electron chi connectivity index (χ2n) is 5.43. The summed E-state index contributed by atoms with van der Waals surface area (Å²) in [4.78, 5) is 0. The summed E-state index contributed by atoms with van der Waals surface area (Å²) in [7, 11) is 0. The zero-order valence-electron chi connectivity index (χ0n) is 13.2. The lowest BCUT2D eigenvalue weighted by molar-refractivity contribution is 0.121. The van der Waals surface area contributed by atoms with E-state index in [0.29, 0.717) is 11.9 Å². The Morgan fingerprint density at radius 2 is 1.52 bits per heavy atom. The van der Waals surface area contributed by atoms with Crippen LogP contribution in [0.3, 0.4) is 0 Å². The summed E-state index contributed by atoms with van der Waals surface area (Å²) < 4.78 is 5.62. The van der Waals surface area contributed by atoms with Crippen molar-refractivity contribution >= 4 is 11.8 Å². The van der Waals surface area contributed by atoms with E-state index in [1.807, 2.05) is 48.5 Å². The number of thioether (sulfide) groups is 1. The van der Waals surface area contributed by atoms with Crippen molar-refractivity contribution in [1.29, 1.82) is 0 Å². The lowest BCUT2D eigenvalue weighted by Gasteiger charge is -2.09. The molecule has 0 aliphatic carbocycles. The van der Waals surface area contributed by atoms with E-state index in [1.54, 1.807) is 11.8 Å². The molecule has 0 amide bonds. The molecular formula is C19H24O3S. The highest BCUT2D eigenvalue weighted by Gasteiger charge is 2.23. The largest absolute Gasteiger partial charge is 0.392 e. The van der Waals surface area contributed by atoms with Gasteiger partial charge in [-0.3, -0.25) is 0 Å². The van der Waals surface area contributed by atoms with Gasteiger partial charge < -0.3 is 14.9 Å². The number of rotatable bonds is 5. The van der Waals surface area contributed by atoms with Crippen LogP contribution < -0.4 is 0 Å². The summed E-state index contributed by atoms with van der Waals surface area (Å²) in [6.07, 6.45) is 1.98.